The minimum absolute atomic E-state index is 0.175. The number of aliphatic carboxylic acids is 1. The summed E-state index contributed by atoms with van der Waals surface area (Å²) in [5, 5.41) is 12.3. The van der Waals surface area contributed by atoms with Crippen LogP contribution in [0, 0.1) is 5.92 Å². The van der Waals surface area contributed by atoms with Crippen LogP contribution in [0.2, 0.25) is 0 Å². The van der Waals surface area contributed by atoms with E-state index >= 15 is 0 Å². The zero-order valence-corrected chi connectivity index (χ0v) is 7.62. The molecule has 1 fully saturated rings. The van der Waals surface area contributed by atoms with Crippen LogP contribution < -0.4 is 0 Å². The smallest absolute Gasteiger partial charge is 0.353 e. The van der Waals surface area contributed by atoms with E-state index in [1.165, 1.54) is 0 Å². The number of oxime groups is 1. The molecule has 1 aliphatic heterocycles. The Hall–Kier alpha value is -1.06. The molecule has 4 heteroatoms. The largest absolute Gasteiger partial charge is 0.477 e. The molecule has 1 saturated carbocycles. The summed E-state index contributed by atoms with van der Waals surface area (Å²) in [6, 6.07) is 0. The highest BCUT2D eigenvalue weighted by molar-refractivity contribution is 6.36. The Balaban J connectivity index is 2.05. The van der Waals surface area contributed by atoms with Crippen molar-refractivity contribution in [1.29, 1.82) is 0 Å². The number of hydrogen-bond donors (Lipinski definition) is 1. The van der Waals surface area contributed by atoms with E-state index in [1.54, 1.807) is 0 Å². The van der Waals surface area contributed by atoms with Gasteiger partial charge in [-0.05, 0) is 25.2 Å². The molecule has 0 aromatic heterocycles. The maximum Gasteiger partial charge on any atom is 0.353 e. The van der Waals surface area contributed by atoms with Crippen molar-refractivity contribution in [3.8, 4) is 0 Å². The second-order valence-electron chi connectivity index (χ2n) is 4.14. The molecule has 13 heavy (non-hydrogen) atoms. The van der Waals surface area contributed by atoms with Crippen LogP contribution in [0.4, 0.5) is 0 Å². The lowest BCUT2D eigenvalue weighted by atomic mass is 9.95. The molecule has 2 aliphatic rings. The lowest BCUT2D eigenvalue weighted by Crippen LogP contribution is -2.26. The fourth-order valence-corrected chi connectivity index (χ4v) is 2.23. The SMILES string of the molecule is CC1CCC2(CC(C(=O)O)=NO2)C1. The predicted octanol–water partition coefficient (Wildman–Crippen LogP) is 1.41. The minimum Gasteiger partial charge on any atom is -0.477 e. The zero-order chi connectivity index (χ0) is 9.47. The van der Waals surface area contributed by atoms with Crippen molar-refractivity contribution >= 4 is 11.7 Å². The molecule has 1 aliphatic carbocycles. The van der Waals surface area contributed by atoms with Crippen molar-refractivity contribution in [3.63, 3.8) is 0 Å². The van der Waals surface area contributed by atoms with Crippen LogP contribution in [0.3, 0.4) is 0 Å². The molecule has 4 nitrogen and oxygen atoms in total. The number of carbonyl (C=O) groups is 1. The average Bonchev–Trinajstić information content (AvgIpc) is 2.61. The van der Waals surface area contributed by atoms with Crippen molar-refractivity contribution in [3.05, 3.63) is 0 Å². The van der Waals surface area contributed by atoms with Crippen molar-refractivity contribution in [2.24, 2.45) is 11.1 Å². The normalized spacial score (nSPS) is 37.6. The fraction of sp³-hybridized carbons (Fsp3) is 0.778. The summed E-state index contributed by atoms with van der Waals surface area (Å²) >= 11 is 0. The Kier molecular flexibility index (Phi) is 1.78. The average molecular weight is 183 g/mol. The summed E-state index contributed by atoms with van der Waals surface area (Å²) in [5.74, 6) is -0.320. The zero-order valence-electron chi connectivity index (χ0n) is 7.62. The van der Waals surface area contributed by atoms with Crippen molar-refractivity contribution in [1.82, 2.24) is 0 Å². The lowest BCUT2D eigenvalue weighted by Gasteiger charge is -2.19. The molecule has 2 unspecified atom stereocenters. The number of carboxylic acids is 1. The van der Waals surface area contributed by atoms with E-state index in [2.05, 4.69) is 12.1 Å². The van der Waals surface area contributed by atoms with E-state index in [9.17, 15) is 4.79 Å². The van der Waals surface area contributed by atoms with Gasteiger partial charge < -0.3 is 9.94 Å². The van der Waals surface area contributed by atoms with Crippen LogP contribution in [0.1, 0.15) is 32.6 Å². The summed E-state index contributed by atoms with van der Waals surface area (Å²) < 4.78 is 0. The van der Waals surface area contributed by atoms with E-state index in [-0.39, 0.29) is 11.3 Å². The van der Waals surface area contributed by atoms with Crippen molar-refractivity contribution in [2.75, 3.05) is 0 Å². The van der Waals surface area contributed by atoms with Crippen LogP contribution in [-0.4, -0.2) is 22.4 Å². The molecule has 2 rings (SSSR count). The van der Waals surface area contributed by atoms with Gasteiger partial charge in [0.15, 0.2) is 5.71 Å². The van der Waals surface area contributed by atoms with Gasteiger partial charge in [0.05, 0.1) is 0 Å². The molecule has 0 saturated heterocycles. The van der Waals surface area contributed by atoms with Gasteiger partial charge in [0.25, 0.3) is 0 Å². The summed E-state index contributed by atoms with van der Waals surface area (Å²) in [6.45, 7) is 2.16. The van der Waals surface area contributed by atoms with Crippen LogP contribution in [0.5, 0.6) is 0 Å². The highest BCUT2D eigenvalue weighted by Crippen LogP contribution is 2.42. The first kappa shape index (κ1) is 8.53. The van der Waals surface area contributed by atoms with Gasteiger partial charge >= 0.3 is 5.97 Å². The number of rotatable bonds is 1. The Morgan fingerprint density at radius 3 is 3.00 bits per heavy atom. The number of hydrogen-bond acceptors (Lipinski definition) is 3. The van der Waals surface area contributed by atoms with Gasteiger partial charge in [-0.25, -0.2) is 4.79 Å². The summed E-state index contributed by atoms with van der Waals surface area (Å²) in [5.41, 5.74) is -0.0956. The monoisotopic (exact) mass is 183 g/mol. The third-order valence-corrected chi connectivity index (χ3v) is 2.90. The maximum absolute atomic E-state index is 10.6. The van der Waals surface area contributed by atoms with E-state index in [0.29, 0.717) is 12.3 Å². The highest BCUT2D eigenvalue weighted by atomic mass is 16.7. The summed E-state index contributed by atoms with van der Waals surface area (Å²) in [6.07, 6.45) is 3.47. The molecular weight excluding hydrogens is 170 g/mol. The van der Waals surface area contributed by atoms with Gasteiger partial charge in [0.1, 0.15) is 5.60 Å². The molecule has 1 spiro atoms. The Labute approximate surface area is 76.6 Å². The Morgan fingerprint density at radius 1 is 1.77 bits per heavy atom. The van der Waals surface area contributed by atoms with Crippen LogP contribution >= 0.6 is 0 Å². The van der Waals surface area contributed by atoms with Crippen LogP contribution in [0.15, 0.2) is 5.16 Å². The molecule has 0 radical (unpaired) electrons. The van der Waals surface area contributed by atoms with Gasteiger partial charge in [0, 0.05) is 6.42 Å². The highest BCUT2D eigenvalue weighted by Gasteiger charge is 2.45. The molecule has 2 atom stereocenters. The predicted molar refractivity (Wildman–Crippen MR) is 46.5 cm³/mol. The molecule has 0 amide bonds. The maximum atomic E-state index is 10.6. The number of carboxylic acid groups (broad SMARTS) is 1. The molecule has 0 aromatic carbocycles. The standard InChI is InChI=1S/C9H13NO3/c1-6-2-3-9(4-6)5-7(8(11)12)10-13-9/h6H,2-5H2,1H3,(H,11,12). The van der Waals surface area contributed by atoms with Gasteiger partial charge in [-0.3, -0.25) is 0 Å². The molecule has 0 aromatic rings. The van der Waals surface area contributed by atoms with Gasteiger partial charge in [-0.2, -0.15) is 0 Å². The molecular formula is C9H13NO3. The lowest BCUT2D eigenvalue weighted by molar-refractivity contribution is -0.129. The first-order valence-electron chi connectivity index (χ1n) is 4.60. The van der Waals surface area contributed by atoms with Crippen LogP contribution in [-0.2, 0) is 9.63 Å². The molecule has 1 heterocycles. The van der Waals surface area contributed by atoms with Crippen LogP contribution in [0.25, 0.3) is 0 Å². The van der Waals surface area contributed by atoms with Crippen molar-refractivity contribution < 1.29 is 14.7 Å². The summed E-state index contributed by atoms with van der Waals surface area (Å²) in [7, 11) is 0. The first-order valence-corrected chi connectivity index (χ1v) is 4.60. The van der Waals surface area contributed by atoms with Gasteiger partial charge in [-0.1, -0.05) is 12.1 Å². The van der Waals surface area contributed by atoms with E-state index in [0.717, 1.165) is 19.3 Å². The first-order chi connectivity index (χ1) is 6.11. The Morgan fingerprint density at radius 2 is 2.54 bits per heavy atom. The van der Waals surface area contributed by atoms with E-state index in [1.807, 2.05) is 0 Å². The fourth-order valence-electron chi connectivity index (χ4n) is 2.23. The van der Waals surface area contributed by atoms with E-state index < -0.39 is 5.97 Å². The minimum atomic E-state index is -0.948. The Bertz CT molecular complexity index is 274. The topological polar surface area (TPSA) is 58.9 Å². The van der Waals surface area contributed by atoms with Crippen molar-refractivity contribution in [2.45, 2.75) is 38.2 Å². The molecule has 0 bridgehead atoms. The van der Waals surface area contributed by atoms with E-state index in [4.69, 9.17) is 9.94 Å². The molecule has 1 N–H and O–H groups in total. The second-order valence-corrected chi connectivity index (χ2v) is 4.14. The molecule has 72 valence electrons. The third-order valence-electron chi connectivity index (χ3n) is 2.90. The van der Waals surface area contributed by atoms with Gasteiger partial charge in [-0.15, -0.1) is 0 Å². The third kappa shape index (κ3) is 1.41. The number of nitrogens with zero attached hydrogens (tertiary/aromatic N) is 1. The second kappa shape index (κ2) is 2.72. The summed E-state index contributed by atoms with van der Waals surface area (Å²) in [4.78, 5) is 15.9. The quantitative estimate of drug-likeness (QED) is 0.668. The van der Waals surface area contributed by atoms with Gasteiger partial charge in [0.2, 0.25) is 0 Å².